The summed E-state index contributed by atoms with van der Waals surface area (Å²) in [5.74, 6) is 1.33. The van der Waals surface area contributed by atoms with E-state index in [9.17, 15) is 22.8 Å². The van der Waals surface area contributed by atoms with Crippen molar-refractivity contribution < 1.29 is 27.5 Å². The van der Waals surface area contributed by atoms with E-state index in [0.717, 1.165) is 29.9 Å². The molecule has 4 nitrogen and oxygen atoms in total. The molecule has 0 saturated heterocycles. The molecule has 186 valence electrons. The number of benzene rings is 2. The molecule has 2 aromatic carbocycles. The van der Waals surface area contributed by atoms with E-state index in [-0.39, 0.29) is 22.9 Å². The van der Waals surface area contributed by atoms with Gasteiger partial charge in [-0.2, -0.15) is 13.2 Å². The highest BCUT2D eigenvalue weighted by Gasteiger charge is 2.53. The van der Waals surface area contributed by atoms with Crippen LogP contribution in [0.25, 0.3) is 11.1 Å². The lowest BCUT2D eigenvalue weighted by Crippen LogP contribution is -2.56. The summed E-state index contributed by atoms with van der Waals surface area (Å²) in [4.78, 5) is 25.5. The third kappa shape index (κ3) is 4.82. The van der Waals surface area contributed by atoms with Crippen LogP contribution in [0.15, 0.2) is 48.5 Å². The first-order valence-corrected chi connectivity index (χ1v) is 12.4. The highest BCUT2D eigenvalue weighted by molar-refractivity contribution is 5.98. The van der Waals surface area contributed by atoms with Gasteiger partial charge in [-0.15, -0.1) is 0 Å². The van der Waals surface area contributed by atoms with Crippen LogP contribution < -0.4 is 5.32 Å². The molecule has 0 heterocycles. The zero-order valence-electron chi connectivity index (χ0n) is 19.7. The molecule has 1 N–H and O–H groups in total. The third-order valence-electron chi connectivity index (χ3n) is 8.39. The second kappa shape index (κ2) is 8.99. The lowest BCUT2D eigenvalue weighted by molar-refractivity contribution is -0.137. The lowest BCUT2D eigenvalue weighted by atomic mass is 9.48. The fourth-order valence-electron chi connectivity index (χ4n) is 7.10. The summed E-state index contributed by atoms with van der Waals surface area (Å²) in [6, 6.07) is 11.2. The first-order chi connectivity index (χ1) is 16.6. The van der Waals surface area contributed by atoms with Gasteiger partial charge >= 0.3 is 12.1 Å². The number of nitrogens with one attached hydrogen (secondary N) is 1. The number of hydrogen-bond donors (Lipinski definition) is 1. The minimum atomic E-state index is -4.43. The molecule has 0 unspecified atom stereocenters. The summed E-state index contributed by atoms with van der Waals surface area (Å²) in [7, 11) is 0. The minimum absolute atomic E-state index is 0.0292. The Kier molecular flexibility index (Phi) is 6.14. The number of halogens is 3. The Morgan fingerprint density at radius 3 is 2.11 bits per heavy atom. The van der Waals surface area contributed by atoms with Crippen molar-refractivity contribution in [2.24, 2.45) is 23.2 Å². The van der Waals surface area contributed by atoms with E-state index in [2.05, 4.69) is 12.2 Å². The largest absolute Gasteiger partial charge is 0.452 e. The zero-order valence-corrected chi connectivity index (χ0v) is 19.7. The molecule has 4 fully saturated rings. The molecule has 0 spiro atoms. The molecular formula is C28H30F3NO3. The normalized spacial score (nSPS) is 27.9. The van der Waals surface area contributed by atoms with Crippen molar-refractivity contribution in [1.82, 2.24) is 5.32 Å². The van der Waals surface area contributed by atoms with Crippen molar-refractivity contribution in [2.75, 3.05) is 6.61 Å². The van der Waals surface area contributed by atoms with Crippen LogP contribution in [0.1, 0.15) is 61.4 Å². The Bertz CT molecular complexity index is 1070. The Hall–Kier alpha value is -2.83. The van der Waals surface area contributed by atoms with Crippen LogP contribution in [0, 0.1) is 23.2 Å². The number of amides is 1. The van der Waals surface area contributed by atoms with Gasteiger partial charge in [0.05, 0.1) is 11.1 Å². The van der Waals surface area contributed by atoms with Gasteiger partial charge in [0.2, 0.25) is 0 Å². The molecule has 4 saturated carbocycles. The van der Waals surface area contributed by atoms with E-state index in [1.54, 1.807) is 24.3 Å². The number of alkyl halides is 3. The second-order valence-corrected chi connectivity index (χ2v) is 10.8. The molecule has 1 atom stereocenters. The second-order valence-electron chi connectivity index (χ2n) is 10.8. The van der Waals surface area contributed by atoms with Gasteiger partial charge in [0, 0.05) is 6.04 Å². The van der Waals surface area contributed by atoms with E-state index in [1.165, 1.54) is 50.7 Å². The predicted molar refractivity (Wildman–Crippen MR) is 125 cm³/mol. The lowest BCUT2D eigenvalue weighted by Gasteiger charge is -2.59. The summed E-state index contributed by atoms with van der Waals surface area (Å²) in [6.07, 6.45) is 3.06. The molecule has 0 radical (unpaired) electrons. The van der Waals surface area contributed by atoms with Crippen molar-refractivity contribution in [1.29, 1.82) is 0 Å². The molecular weight excluding hydrogens is 455 g/mol. The van der Waals surface area contributed by atoms with Gasteiger partial charge < -0.3 is 10.1 Å². The Labute approximate surface area is 203 Å². The predicted octanol–water partition coefficient (Wildman–Crippen LogP) is 6.25. The van der Waals surface area contributed by atoms with Crippen LogP contribution >= 0.6 is 0 Å². The van der Waals surface area contributed by atoms with Gasteiger partial charge in [-0.25, -0.2) is 4.79 Å². The van der Waals surface area contributed by atoms with Crippen LogP contribution in [0.3, 0.4) is 0 Å². The van der Waals surface area contributed by atoms with E-state index >= 15 is 0 Å². The third-order valence-corrected chi connectivity index (χ3v) is 8.39. The number of rotatable bonds is 6. The Balaban J connectivity index is 1.21. The van der Waals surface area contributed by atoms with Gasteiger partial charge in [-0.05, 0) is 97.9 Å². The fourth-order valence-corrected chi connectivity index (χ4v) is 7.10. The summed E-state index contributed by atoms with van der Waals surface area (Å²) >= 11 is 0. The van der Waals surface area contributed by atoms with Gasteiger partial charge in [-0.1, -0.05) is 30.3 Å². The average Bonchev–Trinajstić information content (AvgIpc) is 2.81. The first kappa shape index (κ1) is 23.9. The molecule has 4 aliphatic carbocycles. The van der Waals surface area contributed by atoms with E-state index in [1.807, 2.05) is 0 Å². The molecule has 0 aliphatic heterocycles. The fraction of sp³-hybridized carbons (Fsp3) is 0.500. The highest BCUT2D eigenvalue weighted by atomic mass is 19.4. The van der Waals surface area contributed by atoms with Crippen LogP contribution in [0.2, 0.25) is 0 Å². The maximum absolute atomic E-state index is 12.9. The van der Waals surface area contributed by atoms with Crippen molar-refractivity contribution >= 4 is 11.9 Å². The van der Waals surface area contributed by atoms with E-state index in [0.29, 0.717) is 11.1 Å². The van der Waals surface area contributed by atoms with Gasteiger partial charge in [0.25, 0.3) is 5.91 Å². The van der Waals surface area contributed by atoms with E-state index < -0.39 is 24.3 Å². The number of carbonyl (C=O) groups is 2. The van der Waals surface area contributed by atoms with Crippen molar-refractivity contribution in [3.8, 4) is 11.1 Å². The van der Waals surface area contributed by atoms with Crippen molar-refractivity contribution in [2.45, 2.75) is 57.7 Å². The van der Waals surface area contributed by atoms with Gasteiger partial charge in [0.1, 0.15) is 0 Å². The molecule has 35 heavy (non-hydrogen) atoms. The smallest absolute Gasteiger partial charge is 0.416 e. The standard InChI is InChI=1S/C28H30F3NO3/c1-17(27-13-18-10-19(14-27)12-20(11-18)15-27)32-25(33)16-35-26(34)24-5-3-2-4-23(24)21-6-8-22(9-7-21)28(29,30)31/h2-9,17-20H,10-16H2,1H3,(H,32,33)/t17-,18?,19?,20?,27?/m0/s1. The van der Waals surface area contributed by atoms with Crippen LogP contribution in [-0.4, -0.2) is 24.5 Å². The average molecular weight is 486 g/mol. The molecule has 4 aliphatic rings. The van der Waals surface area contributed by atoms with Gasteiger partial charge in [-0.3, -0.25) is 4.79 Å². The number of esters is 1. The van der Waals surface area contributed by atoms with Crippen molar-refractivity contribution in [3.63, 3.8) is 0 Å². The summed E-state index contributed by atoms with van der Waals surface area (Å²) in [5.41, 5.74) is 0.517. The molecule has 4 bridgehead atoms. The SMILES string of the molecule is C[C@H](NC(=O)COC(=O)c1ccccc1-c1ccc(C(F)(F)F)cc1)C12CC3CC(CC(C3)C1)C2. The number of carbonyl (C=O) groups excluding carboxylic acids is 2. The molecule has 0 aromatic heterocycles. The molecule has 1 amide bonds. The Morgan fingerprint density at radius 2 is 1.54 bits per heavy atom. The van der Waals surface area contributed by atoms with Crippen molar-refractivity contribution in [3.05, 3.63) is 59.7 Å². The highest BCUT2D eigenvalue weighted by Crippen LogP contribution is 2.61. The van der Waals surface area contributed by atoms with Crippen LogP contribution in [0.4, 0.5) is 13.2 Å². The monoisotopic (exact) mass is 485 g/mol. The number of ether oxygens (including phenoxy) is 1. The molecule has 2 aromatic rings. The minimum Gasteiger partial charge on any atom is -0.452 e. The summed E-state index contributed by atoms with van der Waals surface area (Å²) in [5, 5.41) is 3.09. The quantitative estimate of drug-likeness (QED) is 0.492. The number of hydrogen-bond acceptors (Lipinski definition) is 3. The van der Waals surface area contributed by atoms with Gasteiger partial charge in [0.15, 0.2) is 6.61 Å². The van der Waals surface area contributed by atoms with E-state index in [4.69, 9.17) is 4.74 Å². The molecule has 6 rings (SSSR count). The van der Waals surface area contributed by atoms with Crippen LogP contribution in [0.5, 0.6) is 0 Å². The topological polar surface area (TPSA) is 55.4 Å². The summed E-state index contributed by atoms with van der Waals surface area (Å²) in [6.45, 7) is 1.68. The Morgan fingerprint density at radius 1 is 0.971 bits per heavy atom. The zero-order chi connectivity index (χ0) is 24.8. The molecule has 7 heteroatoms. The maximum atomic E-state index is 12.9. The van der Waals surface area contributed by atoms with Crippen LogP contribution in [-0.2, 0) is 15.7 Å². The summed E-state index contributed by atoms with van der Waals surface area (Å²) < 4.78 is 44.0. The first-order valence-electron chi connectivity index (χ1n) is 12.4. The maximum Gasteiger partial charge on any atom is 0.416 e.